The second-order valence-corrected chi connectivity index (χ2v) is 4.96. The Labute approximate surface area is 83.1 Å². The van der Waals surface area contributed by atoms with Crippen molar-refractivity contribution in [3.05, 3.63) is 28.7 Å². The lowest BCUT2D eigenvalue weighted by molar-refractivity contribution is 0.385. The van der Waals surface area contributed by atoms with Gasteiger partial charge in [0.25, 0.3) is 0 Å². The first-order valence-corrected chi connectivity index (χ1v) is 6.37. The Hall–Kier alpha value is 0.0900. The molecule has 1 rings (SSSR count). The molecule has 0 spiro atoms. The molecule has 0 bridgehead atoms. The van der Waals surface area contributed by atoms with Crippen LogP contribution in [0.15, 0.2) is 28.7 Å². The lowest BCUT2D eigenvalue weighted by Crippen LogP contribution is -2.03. The third-order valence-corrected chi connectivity index (χ3v) is 4.23. The van der Waals surface area contributed by atoms with Crippen LogP contribution < -0.4 is 5.30 Å². The number of hydrogen-bond donors (Lipinski definition) is 0. The van der Waals surface area contributed by atoms with E-state index in [0.29, 0.717) is 0 Å². The molecule has 1 atom stereocenters. The molecular weight excluding hydrogens is 235 g/mol. The molecule has 12 heavy (non-hydrogen) atoms. The van der Waals surface area contributed by atoms with Gasteiger partial charge in [-0.2, -0.15) is 0 Å². The van der Waals surface area contributed by atoms with Gasteiger partial charge in [-0.15, -0.1) is 0 Å². The van der Waals surface area contributed by atoms with E-state index in [1.807, 2.05) is 25.1 Å². The zero-order valence-electron chi connectivity index (χ0n) is 7.25. The predicted molar refractivity (Wildman–Crippen MR) is 58.2 cm³/mol. The number of benzene rings is 1. The Kier molecular flexibility index (Phi) is 4.20. The van der Waals surface area contributed by atoms with Crippen molar-refractivity contribution in [1.29, 1.82) is 0 Å². The third-order valence-electron chi connectivity index (χ3n) is 1.51. The number of halogens is 1. The fourth-order valence-corrected chi connectivity index (χ4v) is 3.20. The van der Waals surface area contributed by atoms with Crippen molar-refractivity contribution in [2.75, 3.05) is 13.3 Å². The highest BCUT2D eigenvalue weighted by molar-refractivity contribution is 9.10. The number of hydrogen-bond acceptors (Lipinski definition) is 1. The van der Waals surface area contributed by atoms with E-state index < -0.39 is 8.15 Å². The Morgan fingerprint density at radius 3 is 2.67 bits per heavy atom. The molecule has 0 aromatic heterocycles. The molecule has 0 N–H and O–H groups in total. The van der Waals surface area contributed by atoms with Crippen molar-refractivity contribution >= 4 is 29.4 Å². The standard InChI is InChI=1S/C9H12BrOP/c1-3-11-12(2)9-7-5-4-6-8(9)10/h4-7H,3H2,1-2H3. The smallest absolute Gasteiger partial charge is 0.0583 e. The van der Waals surface area contributed by atoms with Gasteiger partial charge >= 0.3 is 0 Å². The van der Waals surface area contributed by atoms with Crippen LogP contribution >= 0.6 is 24.1 Å². The minimum absolute atomic E-state index is 0.443. The van der Waals surface area contributed by atoms with E-state index in [1.54, 1.807) is 0 Å². The molecule has 0 radical (unpaired) electrons. The lowest BCUT2D eigenvalue weighted by atomic mass is 10.4. The van der Waals surface area contributed by atoms with Gasteiger partial charge in [-0.3, -0.25) is 0 Å². The van der Waals surface area contributed by atoms with Gasteiger partial charge in [0.15, 0.2) is 0 Å². The minimum Gasteiger partial charge on any atom is -0.355 e. The molecule has 0 heterocycles. The summed E-state index contributed by atoms with van der Waals surface area (Å²) >= 11 is 3.50. The Balaban J connectivity index is 2.79. The van der Waals surface area contributed by atoms with E-state index >= 15 is 0 Å². The van der Waals surface area contributed by atoms with E-state index in [-0.39, 0.29) is 0 Å². The molecule has 0 amide bonds. The summed E-state index contributed by atoms with van der Waals surface area (Å²) in [6.07, 6.45) is 0. The molecule has 0 aliphatic rings. The largest absolute Gasteiger partial charge is 0.355 e. The highest BCUT2D eigenvalue weighted by Gasteiger charge is 2.07. The molecule has 0 fully saturated rings. The van der Waals surface area contributed by atoms with Gasteiger partial charge in [0.1, 0.15) is 0 Å². The van der Waals surface area contributed by atoms with Crippen molar-refractivity contribution in [2.45, 2.75) is 6.92 Å². The summed E-state index contributed by atoms with van der Waals surface area (Å²) in [5, 5.41) is 1.27. The van der Waals surface area contributed by atoms with Crippen molar-refractivity contribution < 1.29 is 4.52 Å². The summed E-state index contributed by atoms with van der Waals surface area (Å²) in [7, 11) is -0.443. The van der Waals surface area contributed by atoms with Gasteiger partial charge in [0, 0.05) is 16.4 Å². The second kappa shape index (κ2) is 4.96. The Bertz CT molecular complexity index is 252. The van der Waals surface area contributed by atoms with Gasteiger partial charge in [0.05, 0.1) is 8.15 Å². The molecule has 0 aliphatic heterocycles. The molecule has 1 aromatic carbocycles. The van der Waals surface area contributed by atoms with Crippen LogP contribution in [0.1, 0.15) is 6.92 Å². The Morgan fingerprint density at radius 1 is 1.42 bits per heavy atom. The normalized spacial score (nSPS) is 12.9. The summed E-state index contributed by atoms with van der Waals surface area (Å²) in [6.45, 7) is 4.93. The molecule has 1 nitrogen and oxygen atoms in total. The van der Waals surface area contributed by atoms with Gasteiger partial charge in [-0.05, 0) is 19.7 Å². The van der Waals surface area contributed by atoms with Crippen LogP contribution in [0.3, 0.4) is 0 Å². The van der Waals surface area contributed by atoms with E-state index in [2.05, 4.69) is 28.7 Å². The van der Waals surface area contributed by atoms with Crippen LogP contribution in [0.2, 0.25) is 0 Å². The topological polar surface area (TPSA) is 9.23 Å². The maximum Gasteiger partial charge on any atom is 0.0583 e. The molecular formula is C9H12BrOP. The summed E-state index contributed by atoms with van der Waals surface area (Å²) in [6, 6.07) is 8.21. The van der Waals surface area contributed by atoms with Crippen LogP contribution in [0, 0.1) is 0 Å². The highest BCUT2D eigenvalue weighted by Crippen LogP contribution is 2.33. The quantitative estimate of drug-likeness (QED) is 0.745. The lowest BCUT2D eigenvalue weighted by Gasteiger charge is -2.12. The van der Waals surface area contributed by atoms with E-state index in [4.69, 9.17) is 4.52 Å². The van der Waals surface area contributed by atoms with Crippen LogP contribution in [0.25, 0.3) is 0 Å². The van der Waals surface area contributed by atoms with E-state index in [9.17, 15) is 0 Å². The first kappa shape index (κ1) is 10.2. The fourth-order valence-electron chi connectivity index (χ4n) is 0.970. The number of rotatable bonds is 3. The van der Waals surface area contributed by atoms with Gasteiger partial charge in [-0.25, -0.2) is 0 Å². The fraction of sp³-hybridized carbons (Fsp3) is 0.333. The van der Waals surface area contributed by atoms with Crippen molar-refractivity contribution in [3.8, 4) is 0 Å². The van der Waals surface area contributed by atoms with Crippen LogP contribution in [-0.4, -0.2) is 13.3 Å². The second-order valence-electron chi connectivity index (χ2n) is 2.37. The first-order valence-electron chi connectivity index (χ1n) is 3.87. The maximum atomic E-state index is 5.54. The summed E-state index contributed by atoms with van der Waals surface area (Å²) in [5.41, 5.74) is 0. The third kappa shape index (κ3) is 2.55. The molecule has 1 aromatic rings. The molecule has 0 saturated heterocycles. The maximum absolute atomic E-state index is 5.54. The SMILES string of the molecule is CCOP(C)c1ccccc1Br. The molecule has 0 saturated carbocycles. The summed E-state index contributed by atoms with van der Waals surface area (Å²) in [4.78, 5) is 0. The van der Waals surface area contributed by atoms with E-state index in [0.717, 1.165) is 11.1 Å². The predicted octanol–water partition coefficient (Wildman–Crippen LogP) is 3.14. The van der Waals surface area contributed by atoms with Crippen LogP contribution in [0.4, 0.5) is 0 Å². The molecule has 3 heteroatoms. The first-order chi connectivity index (χ1) is 5.75. The molecule has 0 aliphatic carbocycles. The molecule has 66 valence electrons. The van der Waals surface area contributed by atoms with Crippen LogP contribution in [0.5, 0.6) is 0 Å². The van der Waals surface area contributed by atoms with Gasteiger partial charge in [0.2, 0.25) is 0 Å². The van der Waals surface area contributed by atoms with Crippen LogP contribution in [-0.2, 0) is 4.52 Å². The van der Waals surface area contributed by atoms with Crippen molar-refractivity contribution in [2.24, 2.45) is 0 Å². The summed E-state index contributed by atoms with van der Waals surface area (Å²) < 4.78 is 6.69. The highest BCUT2D eigenvalue weighted by atomic mass is 79.9. The van der Waals surface area contributed by atoms with E-state index in [1.165, 1.54) is 5.30 Å². The zero-order chi connectivity index (χ0) is 8.97. The summed E-state index contributed by atoms with van der Waals surface area (Å²) in [5.74, 6) is 0. The average Bonchev–Trinajstić information content (AvgIpc) is 2.05. The minimum atomic E-state index is -0.443. The monoisotopic (exact) mass is 246 g/mol. The Morgan fingerprint density at radius 2 is 2.08 bits per heavy atom. The van der Waals surface area contributed by atoms with Crippen molar-refractivity contribution in [3.63, 3.8) is 0 Å². The zero-order valence-corrected chi connectivity index (χ0v) is 9.73. The average molecular weight is 247 g/mol. The van der Waals surface area contributed by atoms with Crippen molar-refractivity contribution in [1.82, 2.24) is 0 Å². The van der Waals surface area contributed by atoms with Gasteiger partial charge in [-0.1, -0.05) is 34.1 Å². The van der Waals surface area contributed by atoms with Gasteiger partial charge < -0.3 is 4.52 Å². The molecule has 1 unspecified atom stereocenters.